The summed E-state index contributed by atoms with van der Waals surface area (Å²) in [6, 6.07) is 7.39. The number of aliphatic hydroxyl groups is 2. The standard InChI is InChI=1S/C15H20O2/c1-4-8-14(16)12-9-6-7-10-13(12)15(17)11(3)5-2/h4-7,9-11,14-17H,1-2,8H2,3H3. The van der Waals surface area contributed by atoms with Crippen LogP contribution in [0.1, 0.15) is 36.7 Å². The third-order valence-electron chi connectivity index (χ3n) is 2.93. The average molecular weight is 232 g/mol. The van der Waals surface area contributed by atoms with Crippen LogP contribution >= 0.6 is 0 Å². The van der Waals surface area contributed by atoms with Crippen LogP contribution in [0.25, 0.3) is 0 Å². The lowest BCUT2D eigenvalue weighted by atomic mass is 9.90. The zero-order valence-corrected chi connectivity index (χ0v) is 10.2. The molecule has 2 heteroatoms. The van der Waals surface area contributed by atoms with E-state index in [-0.39, 0.29) is 5.92 Å². The number of hydrogen-bond acceptors (Lipinski definition) is 2. The van der Waals surface area contributed by atoms with E-state index < -0.39 is 12.2 Å². The van der Waals surface area contributed by atoms with Gasteiger partial charge < -0.3 is 10.2 Å². The van der Waals surface area contributed by atoms with Gasteiger partial charge in [0, 0.05) is 5.92 Å². The highest BCUT2D eigenvalue weighted by Gasteiger charge is 2.19. The van der Waals surface area contributed by atoms with Gasteiger partial charge in [-0.15, -0.1) is 13.2 Å². The van der Waals surface area contributed by atoms with E-state index in [1.54, 1.807) is 12.2 Å². The van der Waals surface area contributed by atoms with Crippen LogP contribution in [0.5, 0.6) is 0 Å². The van der Waals surface area contributed by atoms with Gasteiger partial charge in [0.15, 0.2) is 0 Å². The molecule has 0 aliphatic rings. The zero-order chi connectivity index (χ0) is 12.8. The van der Waals surface area contributed by atoms with Crippen molar-refractivity contribution >= 4 is 0 Å². The van der Waals surface area contributed by atoms with Crippen molar-refractivity contribution in [1.29, 1.82) is 0 Å². The lowest BCUT2D eigenvalue weighted by Gasteiger charge is -2.21. The molecule has 17 heavy (non-hydrogen) atoms. The monoisotopic (exact) mass is 232 g/mol. The summed E-state index contributed by atoms with van der Waals surface area (Å²) in [4.78, 5) is 0. The summed E-state index contributed by atoms with van der Waals surface area (Å²) in [5.41, 5.74) is 1.52. The van der Waals surface area contributed by atoms with Gasteiger partial charge in [-0.1, -0.05) is 43.3 Å². The molecule has 1 aromatic rings. The first kappa shape index (κ1) is 13.7. The molecular weight excluding hydrogens is 212 g/mol. The minimum atomic E-state index is -0.636. The number of aliphatic hydroxyl groups excluding tert-OH is 2. The quantitative estimate of drug-likeness (QED) is 0.740. The molecule has 0 saturated heterocycles. The average Bonchev–Trinajstić information content (AvgIpc) is 2.37. The summed E-state index contributed by atoms with van der Waals surface area (Å²) in [6.45, 7) is 9.19. The van der Waals surface area contributed by atoms with Crippen LogP contribution in [0.4, 0.5) is 0 Å². The molecule has 0 bridgehead atoms. The van der Waals surface area contributed by atoms with Gasteiger partial charge in [-0.3, -0.25) is 0 Å². The second-order valence-electron chi connectivity index (χ2n) is 4.21. The Hall–Kier alpha value is -1.38. The minimum Gasteiger partial charge on any atom is -0.388 e. The highest BCUT2D eigenvalue weighted by Crippen LogP contribution is 2.30. The van der Waals surface area contributed by atoms with E-state index in [2.05, 4.69) is 13.2 Å². The highest BCUT2D eigenvalue weighted by atomic mass is 16.3. The van der Waals surface area contributed by atoms with Crippen LogP contribution in [0.3, 0.4) is 0 Å². The Kier molecular flexibility index (Phi) is 5.13. The molecule has 0 amide bonds. The molecular formula is C15H20O2. The molecule has 0 radical (unpaired) electrons. The van der Waals surface area contributed by atoms with E-state index in [9.17, 15) is 10.2 Å². The second kappa shape index (κ2) is 6.38. The predicted octanol–water partition coefficient (Wildman–Crippen LogP) is 3.15. The molecule has 1 aromatic carbocycles. The lowest BCUT2D eigenvalue weighted by Crippen LogP contribution is -2.11. The Morgan fingerprint density at radius 2 is 1.76 bits per heavy atom. The molecule has 2 N–H and O–H groups in total. The molecule has 3 unspecified atom stereocenters. The van der Waals surface area contributed by atoms with Gasteiger partial charge >= 0.3 is 0 Å². The smallest absolute Gasteiger partial charge is 0.0853 e. The molecule has 3 atom stereocenters. The normalized spacial score (nSPS) is 15.9. The van der Waals surface area contributed by atoms with Crippen molar-refractivity contribution in [3.63, 3.8) is 0 Å². The lowest BCUT2D eigenvalue weighted by molar-refractivity contribution is 0.129. The van der Waals surface area contributed by atoms with E-state index in [0.717, 1.165) is 11.1 Å². The van der Waals surface area contributed by atoms with Crippen molar-refractivity contribution in [2.45, 2.75) is 25.6 Å². The fourth-order valence-electron chi connectivity index (χ4n) is 1.78. The molecule has 0 spiro atoms. The van der Waals surface area contributed by atoms with E-state index in [0.29, 0.717) is 6.42 Å². The van der Waals surface area contributed by atoms with Crippen molar-refractivity contribution in [3.05, 3.63) is 60.7 Å². The van der Waals surface area contributed by atoms with E-state index in [4.69, 9.17) is 0 Å². The summed E-state index contributed by atoms with van der Waals surface area (Å²) in [7, 11) is 0. The van der Waals surface area contributed by atoms with Gasteiger partial charge in [0.1, 0.15) is 0 Å². The van der Waals surface area contributed by atoms with Gasteiger partial charge in [0.05, 0.1) is 12.2 Å². The summed E-state index contributed by atoms with van der Waals surface area (Å²) < 4.78 is 0. The molecule has 0 saturated carbocycles. The van der Waals surface area contributed by atoms with Gasteiger partial charge in [-0.05, 0) is 17.5 Å². The van der Waals surface area contributed by atoms with Crippen LogP contribution in [0.2, 0.25) is 0 Å². The first-order chi connectivity index (χ1) is 8.11. The van der Waals surface area contributed by atoms with E-state index in [1.807, 2.05) is 31.2 Å². The van der Waals surface area contributed by atoms with Gasteiger partial charge in [0.25, 0.3) is 0 Å². The van der Waals surface area contributed by atoms with Gasteiger partial charge in [0.2, 0.25) is 0 Å². The summed E-state index contributed by atoms with van der Waals surface area (Å²) in [6.07, 6.45) is 2.61. The maximum atomic E-state index is 10.2. The molecule has 0 aliphatic carbocycles. The Bertz CT molecular complexity index is 384. The fourth-order valence-corrected chi connectivity index (χ4v) is 1.78. The van der Waals surface area contributed by atoms with Crippen molar-refractivity contribution in [1.82, 2.24) is 0 Å². The Labute approximate surface area is 103 Å². The summed E-state index contributed by atoms with van der Waals surface area (Å²) in [5.74, 6) is -0.0490. The van der Waals surface area contributed by atoms with Crippen molar-refractivity contribution < 1.29 is 10.2 Å². The molecule has 0 heterocycles. The topological polar surface area (TPSA) is 40.5 Å². The minimum absolute atomic E-state index is 0.0490. The number of benzene rings is 1. The number of rotatable bonds is 6. The van der Waals surface area contributed by atoms with Crippen LogP contribution in [-0.2, 0) is 0 Å². The van der Waals surface area contributed by atoms with Crippen LogP contribution in [0, 0.1) is 5.92 Å². The van der Waals surface area contributed by atoms with Crippen LogP contribution in [-0.4, -0.2) is 10.2 Å². The van der Waals surface area contributed by atoms with Crippen molar-refractivity contribution in [2.75, 3.05) is 0 Å². The molecule has 0 aliphatic heterocycles. The Morgan fingerprint density at radius 3 is 2.29 bits per heavy atom. The maximum absolute atomic E-state index is 10.2. The van der Waals surface area contributed by atoms with Gasteiger partial charge in [-0.2, -0.15) is 0 Å². The first-order valence-corrected chi connectivity index (χ1v) is 5.80. The Morgan fingerprint density at radius 1 is 1.18 bits per heavy atom. The Balaban J connectivity index is 3.06. The fraction of sp³-hybridized carbons (Fsp3) is 0.333. The zero-order valence-electron chi connectivity index (χ0n) is 10.2. The third kappa shape index (κ3) is 3.29. The van der Waals surface area contributed by atoms with E-state index in [1.165, 1.54) is 0 Å². The van der Waals surface area contributed by atoms with Crippen molar-refractivity contribution in [2.24, 2.45) is 5.92 Å². The van der Waals surface area contributed by atoms with E-state index >= 15 is 0 Å². The summed E-state index contributed by atoms with van der Waals surface area (Å²) >= 11 is 0. The van der Waals surface area contributed by atoms with Crippen LogP contribution < -0.4 is 0 Å². The first-order valence-electron chi connectivity index (χ1n) is 5.80. The second-order valence-corrected chi connectivity index (χ2v) is 4.21. The summed E-state index contributed by atoms with van der Waals surface area (Å²) in [5, 5.41) is 20.2. The molecule has 0 fully saturated rings. The molecule has 92 valence electrons. The third-order valence-corrected chi connectivity index (χ3v) is 2.93. The molecule has 2 nitrogen and oxygen atoms in total. The van der Waals surface area contributed by atoms with Crippen molar-refractivity contribution in [3.8, 4) is 0 Å². The predicted molar refractivity (Wildman–Crippen MR) is 70.5 cm³/mol. The maximum Gasteiger partial charge on any atom is 0.0853 e. The highest BCUT2D eigenvalue weighted by molar-refractivity contribution is 5.32. The van der Waals surface area contributed by atoms with Crippen LogP contribution in [0.15, 0.2) is 49.6 Å². The largest absolute Gasteiger partial charge is 0.388 e. The SMILES string of the molecule is C=CCC(O)c1ccccc1C(O)C(C)C=C. The van der Waals surface area contributed by atoms with Gasteiger partial charge in [-0.25, -0.2) is 0 Å². The molecule has 1 rings (SSSR count). The number of hydrogen-bond donors (Lipinski definition) is 2. The molecule has 0 aromatic heterocycles.